The molecule has 0 aromatic heterocycles. The summed E-state index contributed by atoms with van der Waals surface area (Å²) in [6.07, 6.45) is 5.54. The van der Waals surface area contributed by atoms with Crippen LogP contribution in [0.25, 0.3) is 0 Å². The van der Waals surface area contributed by atoms with Crippen molar-refractivity contribution in [1.82, 2.24) is 20.9 Å². The second kappa shape index (κ2) is 12.3. The number of amides is 1. The fourth-order valence-electron chi connectivity index (χ4n) is 3.38. The highest BCUT2D eigenvalue weighted by molar-refractivity contribution is 5.81. The Balaban J connectivity index is 1.53. The number of nitrogens with zero attached hydrogens (tertiary/aromatic N) is 2. The molecule has 6 heteroatoms. The molecule has 0 radical (unpaired) electrons. The van der Waals surface area contributed by atoms with Crippen molar-refractivity contribution in [2.45, 2.75) is 51.6 Å². The monoisotopic (exact) mass is 373 g/mol. The van der Waals surface area contributed by atoms with Crippen LogP contribution in [-0.2, 0) is 11.3 Å². The van der Waals surface area contributed by atoms with E-state index in [1.807, 2.05) is 30.3 Å². The fourth-order valence-corrected chi connectivity index (χ4v) is 3.38. The van der Waals surface area contributed by atoms with Crippen LogP contribution in [0.15, 0.2) is 35.3 Å². The summed E-state index contributed by atoms with van der Waals surface area (Å²) in [5.41, 5.74) is 1.11. The van der Waals surface area contributed by atoms with Crippen molar-refractivity contribution < 1.29 is 4.79 Å². The first-order chi connectivity index (χ1) is 13.2. The van der Waals surface area contributed by atoms with E-state index in [1.54, 1.807) is 7.05 Å². The highest BCUT2D eigenvalue weighted by Gasteiger charge is 2.17. The molecular weight excluding hydrogens is 338 g/mol. The molecule has 1 fully saturated rings. The van der Waals surface area contributed by atoms with Gasteiger partial charge in [0.05, 0.1) is 0 Å². The third-order valence-corrected chi connectivity index (χ3v) is 5.06. The molecular formula is C21H35N5O. The van der Waals surface area contributed by atoms with Gasteiger partial charge in [-0.2, -0.15) is 0 Å². The highest BCUT2D eigenvalue weighted by Crippen LogP contribution is 2.15. The van der Waals surface area contributed by atoms with Crippen molar-refractivity contribution in [1.29, 1.82) is 0 Å². The first-order valence-corrected chi connectivity index (χ1v) is 10.2. The topological polar surface area (TPSA) is 68.8 Å². The Hall–Kier alpha value is -2.08. The average Bonchev–Trinajstić information content (AvgIpc) is 2.70. The molecule has 1 aromatic carbocycles. The van der Waals surface area contributed by atoms with E-state index in [1.165, 1.54) is 25.8 Å². The quantitative estimate of drug-likeness (QED) is 0.352. The summed E-state index contributed by atoms with van der Waals surface area (Å²) in [6.45, 7) is 6.73. The third-order valence-electron chi connectivity index (χ3n) is 5.06. The Labute approximate surface area is 163 Å². The fraction of sp³-hybridized carbons (Fsp3) is 0.619. The molecule has 1 atom stereocenters. The van der Waals surface area contributed by atoms with Gasteiger partial charge in [-0.25, -0.2) is 0 Å². The number of rotatable bonds is 9. The lowest BCUT2D eigenvalue weighted by molar-refractivity contribution is -0.121. The Bertz CT molecular complexity index is 575. The van der Waals surface area contributed by atoms with Gasteiger partial charge < -0.3 is 20.9 Å². The maximum absolute atomic E-state index is 11.9. The third kappa shape index (κ3) is 8.43. The zero-order valence-electron chi connectivity index (χ0n) is 16.8. The number of hydrogen-bond acceptors (Lipinski definition) is 3. The van der Waals surface area contributed by atoms with Gasteiger partial charge in [0.2, 0.25) is 5.91 Å². The average molecular weight is 374 g/mol. The maximum Gasteiger partial charge on any atom is 0.222 e. The van der Waals surface area contributed by atoms with E-state index in [-0.39, 0.29) is 5.91 Å². The van der Waals surface area contributed by atoms with E-state index in [2.05, 4.69) is 32.8 Å². The number of carbonyl (C=O) groups is 1. The molecule has 3 N–H and O–H groups in total. The Morgan fingerprint density at radius 2 is 1.93 bits per heavy atom. The summed E-state index contributed by atoms with van der Waals surface area (Å²) in [6, 6.07) is 10.7. The summed E-state index contributed by atoms with van der Waals surface area (Å²) in [5.74, 6) is 0.804. The molecule has 1 amide bonds. The number of piperidine rings is 1. The van der Waals surface area contributed by atoms with Crippen molar-refractivity contribution in [3.8, 4) is 0 Å². The molecule has 0 saturated carbocycles. The molecule has 1 heterocycles. The summed E-state index contributed by atoms with van der Waals surface area (Å²) in [7, 11) is 1.76. The number of hydrogen-bond donors (Lipinski definition) is 3. The van der Waals surface area contributed by atoms with Crippen LogP contribution in [0, 0.1) is 0 Å². The largest absolute Gasteiger partial charge is 0.356 e. The van der Waals surface area contributed by atoms with Gasteiger partial charge in [0.15, 0.2) is 5.96 Å². The van der Waals surface area contributed by atoms with Crippen molar-refractivity contribution in [2.24, 2.45) is 4.99 Å². The van der Waals surface area contributed by atoms with Gasteiger partial charge in [-0.1, -0.05) is 36.8 Å². The van der Waals surface area contributed by atoms with Crippen LogP contribution < -0.4 is 16.0 Å². The molecule has 0 bridgehead atoms. The first kappa shape index (κ1) is 21.2. The van der Waals surface area contributed by atoms with Gasteiger partial charge in [0.25, 0.3) is 0 Å². The zero-order chi connectivity index (χ0) is 19.3. The van der Waals surface area contributed by atoms with Crippen LogP contribution in [-0.4, -0.2) is 56.0 Å². The number of benzene rings is 1. The Morgan fingerprint density at radius 1 is 1.15 bits per heavy atom. The van der Waals surface area contributed by atoms with Crippen molar-refractivity contribution in [2.75, 3.05) is 33.2 Å². The number of aliphatic imine (C=N–C) groups is 1. The van der Waals surface area contributed by atoms with Gasteiger partial charge in [0, 0.05) is 45.7 Å². The first-order valence-electron chi connectivity index (χ1n) is 10.2. The molecule has 0 aliphatic carbocycles. The summed E-state index contributed by atoms with van der Waals surface area (Å²) >= 11 is 0. The number of guanidine groups is 1. The summed E-state index contributed by atoms with van der Waals surface area (Å²) in [4.78, 5) is 18.7. The lowest BCUT2D eigenvalue weighted by atomic mass is 10.0. The standard InChI is InChI=1S/C21H35N5O/c1-18-9-6-7-15-26(18)16-8-13-23-21(22-2)24-14-12-20(27)25-17-19-10-4-3-5-11-19/h3-5,10-11,18H,6-9,12-17H2,1-2H3,(H,25,27)(H2,22,23,24). The Kier molecular flexibility index (Phi) is 9.69. The molecule has 1 aromatic rings. The minimum atomic E-state index is 0.0425. The van der Waals surface area contributed by atoms with Crippen molar-refractivity contribution in [3.05, 3.63) is 35.9 Å². The van der Waals surface area contributed by atoms with E-state index in [9.17, 15) is 4.79 Å². The second-order valence-corrected chi connectivity index (χ2v) is 7.17. The van der Waals surface area contributed by atoms with Crippen LogP contribution in [0.1, 0.15) is 44.6 Å². The van der Waals surface area contributed by atoms with Crippen LogP contribution in [0.5, 0.6) is 0 Å². The van der Waals surface area contributed by atoms with Crippen molar-refractivity contribution in [3.63, 3.8) is 0 Å². The summed E-state index contributed by atoms with van der Waals surface area (Å²) in [5, 5.41) is 9.48. The molecule has 1 saturated heterocycles. The van der Waals surface area contributed by atoms with Gasteiger partial charge in [0.1, 0.15) is 0 Å². The van der Waals surface area contributed by atoms with Gasteiger partial charge in [-0.15, -0.1) is 0 Å². The smallest absolute Gasteiger partial charge is 0.222 e. The minimum Gasteiger partial charge on any atom is -0.356 e. The molecule has 6 nitrogen and oxygen atoms in total. The lowest BCUT2D eigenvalue weighted by Gasteiger charge is -2.33. The Morgan fingerprint density at radius 3 is 2.67 bits per heavy atom. The van der Waals surface area contributed by atoms with E-state index in [0.29, 0.717) is 25.6 Å². The van der Waals surface area contributed by atoms with E-state index in [0.717, 1.165) is 31.0 Å². The molecule has 0 spiro atoms. The zero-order valence-corrected chi connectivity index (χ0v) is 16.8. The van der Waals surface area contributed by atoms with Crippen LogP contribution in [0.4, 0.5) is 0 Å². The predicted octanol–water partition coefficient (Wildman–Crippen LogP) is 2.12. The summed E-state index contributed by atoms with van der Waals surface area (Å²) < 4.78 is 0. The van der Waals surface area contributed by atoms with Gasteiger partial charge in [-0.3, -0.25) is 9.79 Å². The second-order valence-electron chi connectivity index (χ2n) is 7.17. The van der Waals surface area contributed by atoms with E-state index < -0.39 is 0 Å². The number of carbonyl (C=O) groups excluding carboxylic acids is 1. The van der Waals surface area contributed by atoms with E-state index in [4.69, 9.17) is 0 Å². The number of likely N-dealkylation sites (tertiary alicyclic amines) is 1. The molecule has 27 heavy (non-hydrogen) atoms. The van der Waals surface area contributed by atoms with E-state index >= 15 is 0 Å². The molecule has 2 rings (SSSR count). The predicted molar refractivity (Wildman–Crippen MR) is 112 cm³/mol. The molecule has 1 aliphatic heterocycles. The van der Waals surface area contributed by atoms with Crippen LogP contribution in [0.2, 0.25) is 0 Å². The van der Waals surface area contributed by atoms with Gasteiger partial charge in [-0.05, 0) is 38.3 Å². The van der Waals surface area contributed by atoms with Crippen LogP contribution in [0.3, 0.4) is 0 Å². The lowest BCUT2D eigenvalue weighted by Crippen LogP contribution is -2.42. The highest BCUT2D eigenvalue weighted by atomic mass is 16.1. The normalized spacial score (nSPS) is 18.1. The SMILES string of the molecule is CN=C(NCCCN1CCCCC1C)NCCC(=O)NCc1ccccc1. The molecule has 150 valence electrons. The van der Waals surface area contributed by atoms with Gasteiger partial charge >= 0.3 is 0 Å². The molecule has 1 aliphatic rings. The number of nitrogens with one attached hydrogen (secondary N) is 3. The van der Waals surface area contributed by atoms with Crippen molar-refractivity contribution >= 4 is 11.9 Å². The van der Waals surface area contributed by atoms with Crippen LogP contribution >= 0.6 is 0 Å². The minimum absolute atomic E-state index is 0.0425. The molecule has 1 unspecified atom stereocenters. The maximum atomic E-state index is 11.9.